The van der Waals surface area contributed by atoms with Gasteiger partial charge in [0.15, 0.2) is 11.4 Å². The predicted octanol–water partition coefficient (Wildman–Crippen LogP) is 4.37. The molecule has 3 aromatic rings. The number of nitrogens with one attached hydrogen (secondary N) is 2. The third-order valence-corrected chi connectivity index (χ3v) is 6.55. The molecule has 36 heavy (non-hydrogen) atoms. The zero-order valence-corrected chi connectivity index (χ0v) is 21.1. The summed E-state index contributed by atoms with van der Waals surface area (Å²) in [5, 5.41) is 10.9. The molecule has 1 atom stereocenters. The highest BCUT2D eigenvalue weighted by molar-refractivity contribution is 6.15. The normalized spacial score (nSPS) is 19.1. The van der Waals surface area contributed by atoms with Gasteiger partial charge in [-0.25, -0.2) is 9.78 Å². The second-order valence-corrected chi connectivity index (χ2v) is 10.3. The van der Waals surface area contributed by atoms with Crippen LogP contribution in [0.1, 0.15) is 60.8 Å². The monoisotopic (exact) mass is 489 g/mol. The van der Waals surface area contributed by atoms with Crippen molar-refractivity contribution in [1.29, 1.82) is 0 Å². The van der Waals surface area contributed by atoms with Crippen LogP contribution in [-0.2, 0) is 11.3 Å². The number of pyridine rings is 1. The van der Waals surface area contributed by atoms with E-state index in [0.717, 1.165) is 35.9 Å². The Hall–Kier alpha value is -3.72. The number of likely N-dealkylation sites (tertiary alicyclic amines) is 1. The van der Waals surface area contributed by atoms with Crippen LogP contribution in [0.25, 0.3) is 17.1 Å². The van der Waals surface area contributed by atoms with Crippen LogP contribution in [0.5, 0.6) is 5.75 Å². The molecule has 4 heterocycles. The number of alkyl carbamates (subject to hydrolysis) is 1. The Labute approximate surface area is 209 Å². The molecular formula is C27H31N5O4. The first kappa shape index (κ1) is 24.0. The van der Waals surface area contributed by atoms with E-state index >= 15 is 0 Å². The molecule has 9 nitrogen and oxygen atoms in total. The van der Waals surface area contributed by atoms with E-state index in [4.69, 9.17) is 9.47 Å². The molecule has 5 rings (SSSR count). The molecule has 1 fully saturated rings. The van der Waals surface area contributed by atoms with Gasteiger partial charge in [-0.3, -0.25) is 14.8 Å². The number of allylic oxidation sites excluding steroid dienone is 1. The third kappa shape index (κ3) is 4.83. The maximum Gasteiger partial charge on any atom is 0.407 e. The molecule has 9 heteroatoms. The van der Waals surface area contributed by atoms with Crippen molar-refractivity contribution in [3.63, 3.8) is 0 Å². The van der Waals surface area contributed by atoms with E-state index in [2.05, 4.69) is 25.4 Å². The lowest BCUT2D eigenvalue weighted by molar-refractivity contribution is 0.0512. The summed E-state index contributed by atoms with van der Waals surface area (Å²) in [5.41, 5.74) is 3.34. The maximum atomic E-state index is 13.2. The van der Waals surface area contributed by atoms with Gasteiger partial charge in [-0.15, -0.1) is 0 Å². The number of nitrogens with zero attached hydrogens (tertiary/aromatic N) is 3. The summed E-state index contributed by atoms with van der Waals surface area (Å²) in [6.45, 7) is 9.63. The number of amides is 1. The van der Waals surface area contributed by atoms with E-state index in [0.29, 0.717) is 35.7 Å². The molecule has 0 saturated carbocycles. The topological polar surface area (TPSA) is 109 Å². The van der Waals surface area contributed by atoms with Crippen LogP contribution in [0.2, 0.25) is 0 Å². The summed E-state index contributed by atoms with van der Waals surface area (Å²) in [6.07, 6.45) is 4.98. The Morgan fingerprint density at radius 3 is 2.97 bits per heavy atom. The Bertz CT molecular complexity index is 1350. The van der Waals surface area contributed by atoms with Crippen molar-refractivity contribution in [3.8, 4) is 5.75 Å². The zero-order chi connectivity index (χ0) is 25.4. The van der Waals surface area contributed by atoms with Crippen LogP contribution in [0.15, 0.2) is 36.2 Å². The first-order chi connectivity index (χ1) is 17.2. The van der Waals surface area contributed by atoms with Crippen molar-refractivity contribution >= 4 is 29.0 Å². The molecule has 0 aliphatic carbocycles. The molecule has 1 aromatic carbocycles. The van der Waals surface area contributed by atoms with Gasteiger partial charge < -0.3 is 14.8 Å². The number of Topliss-reactive ketones (excluding diaryl/α,β-unsaturated/α-hetero) is 1. The summed E-state index contributed by atoms with van der Waals surface area (Å²) in [6, 6.07) is 7.71. The second kappa shape index (κ2) is 9.39. The molecular weight excluding hydrogens is 458 g/mol. The predicted molar refractivity (Wildman–Crippen MR) is 136 cm³/mol. The minimum absolute atomic E-state index is 0.157. The smallest absolute Gasteiger partial charge is 0.407 e. The minimum atomic E-state index is -0.533. The quantitative estimate of drug-likeness (QED) is 0.512. The summed E-state index contributed by atoms with van der Waals surface area (Å²) in [5.74, 6) is 0.699. The molecule has 188 valence electrons. The number of ether oxygens (including phenoxy) is 2. The Kier molecular flexibility index (Phi) is 6.26. The van der Waals surface area contributed by atoms with Crippen LogP contribution in [0.4, 0.5) is 4.79 Å². The van der Waals surface area contributed by atoms with Crippen LogP contribution in [0, 0.1) is 6.92 Å². The lowest BCUT2D eigenvalue weighted by atomic mass is 10.0. The highest BCUT2D eigenvalue weighted by atomic mass is 16.6. The number of carbonyl (C=O) groups excluding carboxylic acids is 2. The van der Waals surface area contributed by atoms with Crippen LogP contribution in [0.3, 0.4) is 0 Å². The molecule has 0 spiro atoms. The number of benzene rings is 1. The Morgan fingerprint density at radius 2 is 2.17 bits per heavy atom. The van der Waals surface area contributed by atoms with Gasteiger partial charge in [0.2, 0.25) is 5.78 Å². The molecule has 2 aliphatic heterocycles. The van der Waals surface area contributed by atoms with Gasteiger partial charge in [0, 0.05) is 42.4 Å². The fraction of sp³-hybridized carbons (Fsp3) is 0.407. The minimum Gasteiger partial charge on any atom is -0.452 e. The highest BCUT2D eigenvalue weighted by Crippen LogP contribution is 2.38. The first-order valence-corrected chi connectivity index (χ1v) is 12.3. The lowest BCUT2D eigenvalue weighted by Crippen LogP contribution is -2.41. The Balaban J connectivity index is 1.34. The molecule has 2 N–H and O–H groups in total. The first-order valence-electron chi connectivity index (χ1n) is 12.3. The van der Waals surface area contributed by atoms with Crippen LogP contribution >= 0.6 is 0 Å². The standard InChI is InChI=1S/C27H31N5O4/c1-16-9-10-19-23(33)22(13-21-18-8-5-11-28-25(18)31-30-21)35-24(19)20(16)15-32-12-6-7-17(32)14-29-26(34)36-27(2,3)4/h5,8-11,13,17H,6-7,12,14-15H2,1-4H3,(H,29,34)(H,28,30,31)/b22-13-. The van der Waals surface area contributed by atoms with Crippen molar-refractivity contribution in [1.82, 2.24) is 25.4 Å². The number of aromatic nitrogens is 3. The van der Waals surface area contributed by atoms with E-state index in [-0.39, 0.29) is 17.6 Å². The summed E-state index contributed by atoms with van der Waals surface area (Å²) >= 11 is 0. The number of aryl methyl sites for hydroxylation is 1. The number of ketones is 1. The summed E-state index contributed by atoms with van der Waals surface area (Å²) in [4.78, 5) is 31.9. The Morgan fingerprint density at radius 1 is 1.33 bits per heavy atom. The molecule has 0 radical (unpaired) electrons. The molecule has 1 saturated heterocycles. The van der Waals surface area contributed by atoms with E-state index in [1.165, 1.54) is 0 Å². The summed E-state index contributed by atoms with van der Waals surface area (Å²) in [7, 11) is 0. The number of aromatic amines is 1. The molecule has 1 amide bonds. The number of hydrogen-bond acceptors (Lipinski definition) is 7. The van der Waals surface area contributed by atoms with Gasteiger partial charge in [0.25, 0.3) is 0 Å². The van der Waals surface area contributed by atoms with Crippen molar-refractivity contribution in [2.24, 2.45) is 0 Å². The average Bonchev–Trinajstić information content (AvgIpc) is 3.52. The maximum absolute atomic E-state index is 13.2. The van der Waals surface area contributed by atoms with Gasteiger partial charge in [-0.1, -0.05) is 6.07 Å². The number of rotatable bonds is 5. The van der Waals surface area contributed by atoms with E-state index in [1.807, 2.05) is 52.0 Å². The van der Waals surface area contributed by atoms with E-state index < -0.39 is 11.7 Å². The fourth-order valence-electron chi connectivity index (χ4n) is 4.76. The molecule has 2 aromatic heterocycles. The molecule has 1 unspecified atom stereocenters. The number of H-pyrrole nitrogens is 1. The number of carbonyl (C=O) groups is 2. The number of fused-ring (bicyclic) bond motifs is 2. The summed E-state index contributed by atoms with van der Waals surface area (Å²) < 4.78 is 11.6. The zero-order valence-electron chi connectivity index (χ0n) is 21.1. The van der Waals surface area contributed by atoms with E-state index in [9.17, 15) is 9.59 Å². The van der Waals surface area contributed by atoms with Crippen molar-refractivity contribution in [2.75, 3.05) is 13.1 Å². The highest BCUT2D eigenvalue weighted by Gasteiger charge is 2.33. The van der Waals surface area contributed by atoms with Crippen molar-refractivity contribution in [2.45, 2.75) is 58.7 Å². The fourth-order valence-corrected chi connectivity index (χ4v) is 4.76. The van der Waals surface area contributed by atoms with Gasteiger partial charge >= 0.3 is 6.09 Å². The SMILES string of the molecule is Cc1ccc2c(c1CN1CCCC1CNC(=O)OC(C)(C)C)O/C(=C\c1n[nH]c3ncccc13)C2=O. The third-order valence-electron chi connectivity index (χ3n) is 6.55. The largest absolute Gasteiger partial charge is 0.452 e. The van der Waals surface area contributed by atoms with Gasteiger partial charge in [-0.05, 0) is 70.8 Å². The average molecular weight is 490 g/mol. The second-order valence-electron chi connectivity index (χ2n) is 10.3. The van der Waals surface area contributed by atoms with Crippen LogP contribution in [-0.4, -0.2) is 56.7 Å². The lowest BCUT2D eigenvalue weighted by Gasteiger charge is -2.27. The van der Waals surface area contributed by atoms with Gasteiger partial charge in [0.05, 0.1) is 11.3 Å². The number of hydrogen-bond donors (Lipinski definition) is 2. The van der Waals surface area contributed by atoms with Crippen LogP contribution < -0.4 is 10.1 Å². The van der Waals surface area contributed by atoms with Crippen molar-refractivity contribution in [3.05, 3.63) is 58.6 Å². The van der Waals surface area contributed by atoms with Crippen molar-refractivity contribution < 1.29 is 19.1 Å². The molecule has 0 bridgehead atoms. The van der Waals surface area contributed by atoms with Gasteiger partial charge in [0.1, 0.15) is 11.4 Å². The van der Waals surface area contributed by atoms with E-state index in [1.54, 1.807) is 12.3 Å². The molecule has 2 aliphatic rings. The van der Waals surface area contributed by atoms with Gasteiger partial charge in [-0.2, -0.15) is 5.10 Å².